The van der Waals surface area contributed by atoms with Crippen molar-refractivity contribution in [1.82, 2.24) is 10.2 Å². The molecule has 2 N–H and O–H groups in total. The van der Waals surface area contributed by atoms with Crippen LogP contribution in [0, 0.1) is 18.6 Å². The van der Waals surface area contributed by atoms with Crippen LogP contribution >= 0.6 is 0 Å². The topological polar surface area (TPSA) is 64.7 Å². The molecule has 0 spiro atoms. The van der Waals surface area contributed by atoms with E-state index in [1.54, 1.807) is 0 Å². The van der Waals surface area contributed by atoms with Crippen LogP contribution in [0.2, 0.25) is 0 Å². The van der Waals surface area contributed by atoms with Crippen LogP contribution in [-0.2, 0) is 5.54 Å². The lowest BCUT2D eigenvalue weighted by Gasteiger charge is -2.43. The van der Waals surface area contributed by atoms with E-state index < -0.39 is 23.1 Å². The first kappa shape index (κ1) is 25.9. The van der Waals surface area contributed by atoms with Crippen LogP contribution in [-0.4, -0.2) is 49.9 Å². The number of anilines is 2. The monoisotopic (exact) mass is 518 g/mol. The lowest BCUT2D eigenvalue weighted by Crippen LogP contribution is -2.51. The van der Waals surface area contributed by atoms with Crippen molar-refractivity contribution >= 4 is 23.2 Å². The first-order valence-electron chi connectivity index (χ1n) is 13.0. The van der Waals surface area contributed by atoms with E-state index in [9.17, 15) is 18.4 Å². The number of hydrogen-bond acceptors (Lipinski definition) is 4. The number of halogens is 2. The number of hydrogen-bond donors (Lipinski definition) is 2. The largest absolute Gasteiger partial charge is 0.369 e. The van der Waals surface area contributed by atoms with Gasteiger partial charge in [-0.3, -0.25) is 9.59 Å². The predicted octanol–water partition coefficient (Wildman–Crippen LogP) is 5.09. The number of amides is 2. The number of nitrogens with one attached hydrogen (secondary N) is 2. The summed E-state index contributed by atoms with van der Waals surface area (Å²) in [5, 5.41) is 5.99. The van der Waals surface area contributed by atoms with Crippen LogP contribution in [0.3, 0.4) is 0 Å². The zero-order valence-corrected chi connectivity index (χ0v) is 21.7. The summed E-state index contributed by atoms with van der Waals surface area (Å²) >= 11 is 0. The van der Waals surface area contributed by atoms with Crippen molar-refractivity contribution in [2.75, 3.05) is 43.4 Å². The lowest BCUT2D eigenvalue weighted by atomic mass is 9.71. The summed E-state index contributed by atoms with van der Waals surface area (Å²) in [4.78, 5) is 30.4. The second-order valence-electron chi connectivity index (χ2n) is 10.3. The molecule has 198 valence electrons. The highest BCUT2D eigenvalue weighted by Crippen LogP contribution is 2.42. The van der Waals surface area contributed by atoms with E-state index in [4.69, 9.17) is 0 Å². The fraction of sp³-hybridized carbons (Fsp3) is 0.333. The summed E-state index contributed by atoms with van der Waals surface area (Å²) in [5.74, 6) is -2.60. The molecule has 1 aliphatic carbocycles. The van der Waals surface area contributed by atoms with E-state index in [2.05, 4.69) is 27.5 Å². The van der Waals surface area contributed by atoms with Gasteiger partial charge in [-0.1, -0.05) is 12.1 Å². The van der Waals surface area contributed by atoms with E-state index in [1.807, 2.05) is 48.5 Å². The van der Waals surface area contributed by atoms with Crippen molar-refractivity contribution in [2.24, 2.45) is 0 Å². The average Bonchev–Trinajstić information content (AvgIpc) is 2.90. The van der Waals surface area contributed by atoms with Crippen LogP contribution in [0.5, 0.6) is 0 Å². The molecule has 5 rings (SSSR count). The maximum atomic E-state index is 14.0. The molecule has 3 aromatic carbocycles. The Bertz CT molecular complexity index is 1330. The Morgan fingerprint density at radius 3 is 2.11 bits per heavy atom. The molecule has 0 radical (unpaired) electrons. The number of carbonyl (C=O) groups excluding carboxylic acids is 2. The Hall–Kier alpha value is -3.78. The predicted molar refractivity (Wildman–Crippen MR) is 145 cm³/mol. The summed E-state index contributed by atoms with van der Waals surface area (Å²) < 4.78 is 27.5. The number of carbonyl (C=O) groups is 2. The Morgan fingerprint density at radius 1 is 0.842 bits per heavy atom. The van der Waals surface area contributed by atoms with Crippen molar-refractivity contribution < 1.29 is 18.4 Å². The zero-order chi connectivity index (χ0) is 26.9. The van der Waals surface area contributed by atoms with Crippen molar-refractivity contribution in [2.45, 2.75) is 31.7 Å². The van der Waals surface area contributed by atoms with E-state index in [0.29, 0.717) is 11.3 Å². The summed E-state index contributed by atoms with van der Waals surface area (Å²) in [7, 11) is 2.12. The van der Waals surface area contributed by atoms with Gasteiger partial charge >= 0.3 is 0 Å². The normalized spacial score (nSPS) is 17.0. The van der Waals surface area contributed by atoms with Gasteiger partial charge < -0.3 is 20.4 Å². The second-order valence-corrected chi connectivity index (χ2v) is 10.3. The van der Waals surface area contributed by atoms with Gasteiger partial charge in [0.25, 0.3) is 11.8 Å². The van der Waals surface area contributed by atoms with Crippen molar-refractivity contribution in [3.05, 3.63) is 94.6 Å². The third kappa shape index (κ3) is 5.13. The van der Waals surface area contributed by atoms with Gasteiger partial charge in [0, 0.05) is 54.2 Å². The molecule has 1 aliphatic heterocycles. The average molecular weight is 519 g/mol. The molecule has 3 aromatic rings. The maximum absolute atomic E-state index is 14.0. The Morgan fingerprint density at radius 2 is 1.50 bits per heavy atom. The van der Waals surface area contributed by atoms with E-state index in [-0.39, 0.29) is 17.0 Å². The molecule has 0 unspecified atom stereocenters. The van der Waals surface area contributed by atoms with Gasteiger partial charge in [0.1, 0.15) is 0 Å². The van der Waals surface area contributed by atoms with Crippen molar-refractivity contribution in [1.29, 1.82) is 0 Å². The number of benzene rings is 3. The van der Waals surface area contributed by atoms with Gasteiger partial charge in [-0.2, -0.15) is 0 Å². The van der Waals surface area contributed by atoms with Crippen LogP contribution in [0.4, 0.5) is 20.2 Å². The molecule has 38 heavy (non-hydrogen) atoms. The summed E-state index contributed by atoms with van der Waals surface area (Å²) in [6, 6.07) is 17.4. The molecule has 6 nitrogen and oxygen atoms in total. The summed E-state index contributed by atoms with van der Waals surface area (Å²) in [6.45, 7) is 5.38. The van der Waals surface area contributed by atoms with Gasteiger partial charge in [0.15, 0.2) is 11.6 Å². The minimum absolute atomic E-state index is 0.00778. The standard InChI is InChI=1S/C30H32F2N4O2/c1-20-25(12-13-26(31)27(20)32)29(38)34-30(14-3-15-30)22-6-8-23(9-7-22)33-28(37)21-4-10-24(11-5-21)36-18-16-35(2)17-19-36/h4-13H,3,14-19H2,1-2H3,(H,33,37)(H,34,38). The van der Waals surface area contributed by atoms with Crippen molar-refractivity contribution in [3.63, 3.8) is 0 Å². The number of likely N-dealkylation sites (N-methyl/N-ethyl adjacent to an activating group) is 1. The molecule has 1 saturated heterocycles. The van der Waals surface area contributed by atoms with E-state index in [0.717, 1.165) is 62.8 Å². The Kier molecular flexibility index (Phi) is 7.17. The molecule has 2 amide bonds. The lowest BCUT2D eigenvalue weighted by molar-refractivity contribution is 0.0822. The van der Waals surface area contributed by atoms with Gasteiger partial charge in [-0.05, 0) is 87.3 Å². The molecule has 0 aromatic heterocycles. The fourth-order valence-corrected chi connectivity index (χ4v) is 5.16. The first-order chi connectivity index (χ1) is 18.3. The maximum Gasteiger partial charge on any atom is 0.255 e. The fourth-order valence-electron chi connectivity index (χ4n) is 5.16. The molecule has 0 atom stereocenters. The Balaban J connectivity index is 1.23. The number of nitrogens with zero attached hydrogens (tertiary/aromatic N) is 2. The third-order valence-electron chi connectivity index (χ3n) is 7.84. The number of rotatable bonds is 6. The van der Waals surface area contributed by atoms with Crippen molar-refractivity contribution in [3.8, 4) is 0 Å². The zero-order valence-electron chi connectivity index (χ0n) is 21.7. The molecular formula is C30H32F2N4O2. The highest BCUT2D eigenvalue weighted by Gasteiger charge is 2.40. The smallest absolute Gasteiger partial charge is 0.255 e. The van der Waals surface area contributed by atoms with Crippen LogP contribution < -0.4 is 15.5 Å². The third-order valence-corrected chi connectivity index (χ3v) is 7.84. The molecule has 0 bridgehead atoms. The van der Waals surface area contributed by atoms with Gasteiger partial charge in [0.2, 0.25) is 0 Å². The highest BCUT2D eigenvalue weighted by atomic mass is 19.2. The number of piperazine rings is 1. The van der Waals surface area contributed by atoms with Crippen LogP contribution in [0.1, 0.15) is 51.1 Å². The quantitative estimate of drug-likeness (QED) is 0.477. The molecule has 1 heterocycles. The SMILES string of the molecule is Cc1c(C(=O)NC2(c3ccc(NC(=O)c4ccc(N5CCN(C)CC5)cc4)cc3)CCC2)ccc(F)c1F. The molecular weight excluding hydrogens is 486 g/mol. The van der Waals surface area contributed by atoms with E-state index in [1.165, 1.54) is 13.0 Å². The van der Waals surface area contributed by atoms with E-state index >= 15 is 0 Å². The highest BCUT2D eigenvalue weighted by molar-refractivity contribution is 6.04. The molecule has 8 heteroatoms. The van der Waals surface area contributed by atoms with Crippen LogP contribution in [0.15, 0.2) is 60.7 Å². The molecule has 1 saturated carbocycles. The minimum atomic E-state index is -1.01. The Labute approximate surface area is 221 Å². The summed E-state index contributed by atoms with van der Waals surface area (Å²) in [5.41, 5.74) is 2.80. The van der Waals surface area contributed by atoms with Gasteiger partial charge in [0.05, 0.1) is 5.54 Å². The molecule has 2 aliphatic rings. The second kappa shape index (κ2) is 10.5. The molecule has 2 fully saturated rings. The summed E-state index contributed by atoms with van der Waals surface area (Å²) in [6.07, 6.45) is 2.43. The first-order valence-corrected chi connectivity index (χ1v) is 13.0. The van der Waals surface area contributed by atoms with Gasteiger partial charge in [-0.15, -0.1) is 0 Å². The minimum Gasteiger partial charge on any atom is -0.369 e. The van der Waals surface area contributed by atoms with Crippen LogP contribution in [0.25, 0.3) is 0 Å². The van der Waals surface area contributed by atoms with Gasteiger partial charge in [-0.25, -0.2) is 8.78 Å².